The zero-order valence-electron chi connectivity index (χ0n) is 14.0. The topological polar surface area (TPSA) is 26.3 Å². The molecule has 0 N–H and O–H groups in total. The monoisotopic (exact) mass is 280 g/mol. The maximum Gasteiger partial charge on any atom is 0.133 e. The molecule has 0 bridgehead atoms. The molecule has 4 atom stereocenters. The van der Waals surface area contributed by atoms with Crippen molar-refractivity contribution in [3.8, 4) is 0 Å². The summed E-state index contributed by atoms with van der Waals surface area (Å²) in [5, 5.41) is 0. The molecular formula is C18H32O2. The van der Waals surface area contributed by atoms with Gasteiger partial charge in [0.05, 0.1) is 12.7 Å². The van der Waals surface area contributed by atoms with Crippen LogP contribution in [0.1, 0.15) is 73.1 Å². The van der Waals surface area contributed by atoms with E-state index in [9.17, 15) is 4.79 Å². The van der Waals surface area contributed by atoms with Crippen molar-refractivity contribution in [2.24, 2.45) is 22.7 Å². The van der Waals surface area contributed by atoms with Gasteiger partial charge in [-0.1, -0.05) is 34.6 Å². The van der Waals surface area contributed by atoms with Gasteiger partial charge in [-0.3, -0.25) is 4.79 Å². The van der Waals surface area contributed by atoms with Crippen LogP contribution in [-0.2, 0) is 9.53 Å². The van der Waals surface area contributed by atoms with E-state index in [0.717, 1.165) is 31.8 Å². The molecule has 0 amide bonds. The number of ketones is 1. The number of carbonyl (C=O) groups is 1. The molecule has 0 aromatic carbocycles. The lowest BCUT2D eigenvalue weighted by atomic mass is 9.70. The lowest BCUT2D eigenvalue weighted by Crippen LogP contribution is -2.38. The van der Waals surface area contributed by atoms with Crippen molar-refractivity contribution in [2.45, 2.75) is 79.2 Å². The zero-order valence-corrected chi connectivity index (χ0v) is 14.0. The second-order valence-electron chi connectivity index (χ2n) is 8.89. The molecule has 2 aliphatic carbocycles. The third kappa shape index (κ3) is 4.31. The highest BCUT2D eigenvalue weighted by molar-refractivity contribution is 5.80. The van der Waals surface area contributed by atoms with Crippen molar-refractivity contribution in [1.29, 1.82) is 0 Å². The van der Waals surface area contributed by atoms with E-state index in [1.54, 1.807) is 0 Å². The van der Waals surface area contributed by atoms with Crippen molar-refractivity contribution < 1.29 is 9.53 Å². The summed E-state index contributed by atoms with van der Waals surface area (Å²) in [6.07, 6.45) is 6.65. The highest BCUT2D eigenvalue weighted by Gasteiger charge is 2.37. The lowest BCUT2D eigenvalue weighted by molar-refractivity contribution is -0.129. The molecule has 20 heavy (non-hydrogen) atoms. The second-order valence-corrected chi connectivity index (χ2v) is 8.89. The molecule has 2 nitrogen and oxygen atoms in total. The van der Waals surface area contributed by atoms with Gasteiger partial charge in [-0.2, -0.15) is 0 Å². The molecule has 0 radical (unpaired) electrons. The summed E-state index contributed by atoms with van der Waals surface area (Å²) in [5.74, 6) is 1.70. The number of hydrogen-bond donors (Lipinski definition) is 0. The van der Waals surface area contributed by atoms with Crippen molar-refractivity contribution in [1.82, 2.24) is 0 Å². The van der Waals surface area contributed by atoms with E-state index < -0.39 is 0 Å². The van der Waals surface area contributed by atoms with E-state index in [1.165, 1.54) is 12.8 Å². The lowest BCUT2D eigenvalue weighted by Gasteiger charge is -2.41. The largest absolute Gasteiger partial charge is 0.378 e. The van der Waals surface area contributed by atoms with Gasteiger partial charge < -0.3 is 4.74 Å². The molecule has 116 valence electrons. The van der Waals surface area contributed by atoms with E-state index in [4.69, 9.17) is 4.74 Å². The van der Waals surface area contributed by atoms with Crippen LogP contribution < -0.4 is 0 Å². The zero-order chi connectivity index (χ0) is 15.0. The Hall–Kier alpha value is -0.370. The molecule has 2 aliphatic rings. The molecule has 2 saturated carbocycles. The molecule has 0 aromatic rings. The fraction of sp³-hybridized carbons (Fsp3) is 0.944. The summed E-state index contributed by atoms with van der Waals surface area (Å²) in [6, 6.07) is 0. The number of Topliss-reactive ketones (excluding diaryl/α,β-unsaturated/α-hetero) is 1. The Labute approximate surface area is 124 Å². The molecule has 2 rings (SSSR count). The Balaban J connectivity index is 1.89. The van der Waals surface area contributed by atoms with E-state index in [-0.39, 0.29) is 5.41 Å². The van der Waals surface area contributed by atoms with Crippen LogP contribution in [0.4, 0.5) is 0 Å². The fourth-order valence-corrected chi connectivity index (χ4v) is 4.74. The van der Waals surface area contributed by atoms with Crippen molar-refractivity contribution >= 4 is 5.78 Å². The van der Waals surface area contributed by atoms with Crippen LogP contribution in [0.15, 0.2) is 0 Å². The molecule has 0 aliphatic heterocycles. The minimum atomic E-state index is 0.0690. The van der Waals surface area contributed by atoms with Crippen LogP contribution in [-0.4, -0.2) is 18.5 Å². The molecule has 4 unspecified atom stereocenters. The van der Waals surface area contributed by atoms with E-state index in [1.807, 2.05) is 0 Å². The number of ether oxygens (including phenoxy) is 1. The highest BCUT2D eigenvalue weighted by atomic mass is 16.5. The van der Waals surface area contributed by atoms with Crippen molar-refractivity contribution in [3.05, 3.63) is 0 Å². The summed E-state index contributed by atoms with van der Waals surface area (Å²) in [4.78, 5) is 11.8. The minimum absolute atomic E-state index is 0.0690. The van der Waals surface area contributed by atoms with Gasteiger partial charge in [-0.25, -0.2) is 0 Å². The van der Waals surface area contributed by atoms with Gasteiger partial charge in [-0.15, -0.1) is 0 Å². The van der Waals surface area contributed by atoms with Gasteiger partial charge >= 0.3 is 0 Å². The Morgan fingerprint density at radius 2 is 1.80 bits per heavy atom. The molecular weight excluding hydrogens is 248 g/mol. The van der Waals surface area contributed by atoms with Crippen LogP contribution >= 0.6 is 0 Å². The first-order valence-corrected chi connectivity index (χ1v) is 8.31. The van der Waals surface area contributed by atoms with Gasteiger partial charge in [0.25, 0.3) is 0 Å². The molecule has 0 saturated heterocycles. The predicted molar refractivity (Wildman–Crippen MR) is 82.7 cm³/mol. The van der Waals surface area contributed by atoms with Crippen LogP contribution in [0.5, 0.6) is 0 Å². The summed E-state index contributed by atoms with van der Waals surface area (Å²) < 4.78 is 6.28. The van der Waals surface area contributed by atoms with Crippen molar-refractivity contribution in [2.75, 3.05) is 6.61 Å². The minimum Gasteiger partial charge on any atom is -0.378 e. The first-order chi connectivity index (χ1) is 9.17. The summed E-state index contributed by atoms with van der Waals surface area (Å²) >= 11 is 0. The van der Waals surface area contributed by atoms with Crippen molar-refractivity contribution in [3.63, 3.8) is 0 Å². The maximum atomic E-state index is 11.8. The van der Waals surface area contributed by atoms with E-state index >= 15 is 0 Å². The van der Waals surface area contributed by atoms with Gasteiger partial charge in [-0.05, 0) is 48.3 Å². The predicted octanol–water partition coefficient (Wildman–Crippen LogP) is 4.61. The Bertz CT molecular complexity index is 360. The van der Waals surface area contributed by atoms with Crippen LogP contribution in [0.3, 0.4) is 0 Å². The van der Waals surface area contributed by atoms with Gasteiger partial charge in [0.1, 0.15) is 5.78 Å². The summed E-state index contributed by atoms with van der Waals surface area (Å²) in [7, 11) is 0. The highest BCUT2D eigenvalue weighted by Crippen LogP contribution is 2.42. The normalized spacial score (nSPS) is 41.6. The molecule has 0 spiro atoms. The first-order valence-electron chi connectivity index (χ1n) is 8.31. The van der Waals surface area contributed by atoms with Gasteiger partial charge in [0.15, 0.2) is 0 Å². The molecule has 0 heterocycles. The molecule has 2 heteroatoms. The van der Waals surface area contributed by atoms with Crippen LogP contribution in [0.25, 0.3) is 0 Å². The maximum absolute atomic E-state index is 11.8. The second kappa shape index (κ2) is 5.79. The number of carbonyl (C=O) groups excluding carboxylic acids is 1. The average Bonchev–Trinajstić information content (AvgIpc) is 2.21. The summed E-state index contributed by atoms with van der Waals surface area (Å²) in [5.41, 5.74) is 0.471. The van der Waals surface area contributed by atoms with Gasteiger partial charge in [0, 0.05) is 12.8 Å². The Kier molecular flexibility index (Phi) is 4.63. The van der Waals surface area contributed by atoms with E-state index in [0.29, 0.717) is 29.6 Å². The number of rotatable bonds is 3. The third-order valence-electron chi connectivity index (χ3n) is 5.06. The number of hydrogen-bond acceptors (Lipinski definition) is 2. The third-order valence-corrected chi connectivity index (χ3v) is 5.06. The smallest absolute Gasteiger partial charge is 0.133 e. The Morgan fingerprint density at radius 1 is 1.10 bits per heavy atom. The van der Waals surface area contributed by atoms with Gasteiger partial charge in [0.2, 0.25) is 0 Å². The standard InChI is InChI=1S/C18H32O2/c1-13-6-15(19)10-18(5,9-13)12-20-16-7-14(2)8-17(3,4)11-16/h13-14,16H,6-12H2,1-5H3. The summed E-state index contributed by atoms with van der Waals surface area (Å²) in [6.45, 7) is 12.2. The average molecular weight is 280 g/mol. The molecule has 0 aromatic heterocycles. The molecule has 2 fully saturated rings. The van der Waals surface area contributed by atoms with E-state index in [2.05, 4.69) is 34.6 Å². The van der Waals surface area contributed by atoms with Crippen LogP contribution in [0.2, 0.25) is 0 Å². The van der Waals surface area contributed by atoms with Crippen LogP contribution in [0, 0.1) is 22.7 Å². The quantitative estimate of drug-likeness (QED) is 0.754. The Morgan fingerprint density at radius 3 is 2.40 bits per heavy atom. The fourth-order valence-electron chi connectivity index (χ4n) is 4.74. The first kappa shape index (κ1) is 16.0. The SMILES string of the molecule is CC1CC(OCC2(C)CC(=O)CC(C)C2)CC(C)(C)C1.